The molecule has 0 spiro atoms. The lowest BCUT2D eigenvalue weighted by Gasteiger charge is -2.38. The van der Waals surface area contributed by atoms with Gasteiger partial charge in [0.2, 0.25) is 0 Å². The Morgan fingerprint density at radius 2 is 1.88 bits per heavy atom. The highest BCUT2D eigenvalue weighted by Crippen LogP contribution is 2.38. The van der Waals surface area contributed by atoms with E-state index in [0.717, 1.165) is 12.0 Å². The molecule has 2 fully saturated rings. The van der Waals surface area contributed by atoms with Gasteiger partial charge >= 0.3 is 0 Å². The molecule has 2 aliphatic rings. The minimum Gasteiger partial charge on any atom is -0.319 e. The summed E-state index contributed by atoms with van der Waals surface area (Å²) in [5.74, 6) is 0.903. The van der Waals surface area contributed by atoms with Crippen LogP contribution in [0.3, 0.4) is 0 Å². The number of hydrogen-bond donors (Lipinski definition) is 1. The van der Waals surface area contributed by atoms with E-state index < -0.39 is 0 Å². The summed E-state index contributed by atoms with van der Waals surface area (Å²) in [7, 11) is 2.08. The Kier molecular flexibility index (Phi) is 3.91. The second-order valence-corrected chi connectivity index (χ2v) is 6.60. The molecule has 2 nitrogen and oxygen atoms in total. The standard InChI is InChI=1S/C14H28N2/c1-14(2)7-4-13(5-8-14)16-9-6-12(11-16)10-15-3/h12-13,15H,4-11H2,1-3H3. The first-order valence-electron chi connectivity index (χ1n) is 6.99. The van der Waals surface area contributed by atoms with E-state index >= 15 is 0 Å². The van der Waals surface area contributed by atoms with Crippen LogP contribution in [-0.2, 0) is 0 Å². The third-order valence-electron chi connectivity index (χ3n) is 4.64. The molecule has 94 valence electrons. The summed E-state index contributed by atoms with van der Waals surface area (Å²) in [5.41, 5.74) is 0.612. The predicted octanol–water partition coefficient (Wildman–Crippen LogP) is 2.50. The fraction of sp³-hybridized carbons (Fsp3) is 1.00. The van der Waals surface area contributed by atoms with Gasteiger partial charge in [-0.05, 0) is 63.6 Å². The Balaban J connectivity index is 1.78. The number of rotatable bonds is 3. The Bertz CT molecular complexity index is 215. The van der Waals surface area contributed by atoms with Crippen LogP contribution in [0.15, 0.2) is 0 Å². The molecule has 0 amide bonds. The first-order valence-corrected chi connectivity index (χ1v) is 6.99. The molecule has 1 unspecified atom stereocenters. The van der Waals surface area contributed by atoms with Crippen molar-refractivity contribution < 1.29 is 0 Å². The van der Waals surface area contributed by atoms with E-state index in [1.54, 1.807) is 0 Å². The zero-order valence-corrected chi connectivity index (χ0v) is 11.3. The van der Waals surface area contributed by atoms with Crippen molar-refractivity contribution in [3.8, 4) is 0 Å². The highest BCUT2D eigenvalue weighted by atomic mass is 15.2. The van der Waals surface area contributed by atoms with Gasteiger partial charge in [-0.15, -0.1) is 0 Å². The lowest BCUT2D eigenvalue weighted by Crippen LogP contribution is -2.38. The molecule has 1 saturated carbocycles. The summed E-state index contributed by atoms with van der Waals surface area (Å²) in [4.78, 5) is 2.76. The van der Waals surface area contributed by atoms with Gasteiger partial charge in [0.15, 0.2) is 0 Å². The maximum Gasteiger partial charge on any atom is 0.00957 e. The predicted molar refractivity (Wildman–Crippen MR) is 69.6 cm³/mol. The van der Waals surface area contributed by atoms with Crippen LogP contribution in [0.4, 0.5) is 0 Å². The largest absolute Gasteiger partial charge is 0.319 e. The smallest absolute Gasteiger partial charge is 0.00957 e. The van der Waals surface area contributed by atoms with Crippen molar-refractivity contribution in [1.82, 2.24) is 10.2 Å². The van der Waals surface area contributed by atoms with Crippen molar-refractivity contribution in [2.75, 3.05) is 26.7 Å². The molecule has 1 aliphatic heterocycles. The van der Waals surface area contributed by atoms with Crippen molar-refractivity contribution in [3.05, 3.63) is 0 Å². The van der Waals surface area contributed by atoms with Crippen LogP contribution in [0, 0.1) is 11.3 Å². The minimum atomic E-state index is 0.612. The maximum atomic E-state index is 3.32. The van der Waals surface area contributed by atoms with Gasteiger partial charge in [-0.25, -0.2) is 0 Å². The molecule has 1 heterocycles. The molecule has 1 saturated heterocycles. The molecule has 2 rings (SSSR count). The summed E-state index contributed by atoms with van der Waals surface area (Å²) in [6.07, 6.45) is 7.11. The second-order valence-electron chi connectivity index (χ2n) is 6.60. The van der Waals surface area contributed by atoms with Crippen LogP contribution in [0.5, 0.6) is 0 Å². The second kappa shape index (κ2) is 5.05. The normalized spacial score (nSPS) is 32.1. The average Bonchev–Trinajstić information content (AvgIpc) is 2.67. The fourth-order valence-electron chi connectivity index (χ4n) is 3.40. The van der Waals surface area contributed by atoms with Crippen molar-refractivity contribution in [2.45, 2.75) is 52.0 Å². The van der Waals surface area contributed by atoms with Gasteiger partial charge < -0.3 is 10.2 Å². The Labute approximate surface area is 101 Å². The fourth-order valence-corrected chi connectivity index (χ4v) is 3.40. The first kappa shape index (κ1) is 12.4. The zero-order valence-electron chi connectivity index (χ0n) is 11.3. The lowest BCUT2D eigenvalue weighted by atomic mass is 9.75. The van der Waals surface area contributed by atoms with Crippen LogP contribution in [-0.4, -0.2) is 37.6 Å². The Hall–Kier alpha value is -0.0800. The van der Waals surface area contributed by atoms with E-state index in [9.17, 15) is 0 Å². The minimum absolute atomic E-state index is 0.612. The number of nitrogens with one attached hydrogen (secondary N) is 1. The van der Waals surface area contributed by atoms with Gasteiger partial charge in [-0.3, -0.25) is 0 Å². The van der Waals surface area contributed by atoms with Crippen LogP contribution >= 0.6 is 0 Å². The molecule has 0 aromatic heterocycles. The molecule has 0 bridgehead atoms. The summed E-state index contributed by atoms with van der Waals surface area (Å²) >= 11 is 0. The van der Waals surface area contributed by atoms with Crippen LogP contribution in [0.2, 0.25) is 0 Å². The lowest BCUT2D eigenvalue weighted by molar-refractivity contribution is 0.123. The highest BCUT2D eigenvalue weighted by Gasteiger charge is 2.33. The maximum absolute atomic E-state index is 3.32. The first-order chi connectivity index (χ1) is 7.61. The van der Waals surface area contributed by atoms with Gasteiger partial charge in [0.25, 0.3) is 0 Å². The van der Waals surface area contributed by atoms with Gasteiger partial charge in [-0.1, -0.05) is 13.8 Å². The molecule has 0 radical (unpaired) electrons. The number of likely N-dealkylation sites (tertiary alicyclic amines) is 1. The molecule has 1 aliphatic carbocycles. The van der Waals surface area contributed by atoms with Gasteiger partial charge in [-0.2, -0.15) is 0 Å². The molecular weight excluding hydrogens is 196 g/mol. The molecule has 16 heavy (non-hydrogen) atoms. The Morgan fingerprint density at radius 3 is 2.50 bits per heavy atom. The quantitative estimate of drug-likeness (QED) is 0.792. The third-order valence-corrected chi connectivity index (χ3v) is 4.64. The summed E-state index contributed by atoms with van der Waals surface area (Å²) in [5, 5.41) is 3.32. The van der Waals surface area contributed by atoms with Gasteiger partial charge in [0.05, 0.1) is 0 Å². The van der Waals surface area contributed by atoms with E-state index in [0.29, 0.717) is 5.41 Å². The molecule has 1 N–H and O–H groups in total. The molecule has 0 aromatic rings. The van der Waals surface area contributed by atoms with Gasteiger partial charge in [0, 0.05) is 12.6 Å². The van der Waals surface area contributed by atoms with Crippen molar-refractivity contribution in [1.29, 1.82) is 0 Å². The SMILES string of the molecule is CNCC1CCN(C2CCC(C)(C)CC2)C1. The monoisotopic (exact) mass is 224 g/mol. The van der Waals surface area contributed by atoms with E-state index in [1.807, 2.05) is 0 Å². The van der Waals surface area contributed by atoms with Crippen LogP contribution < -0.4 is 5.32 Å². The zero-order chi connectivity index (χ0) is 11.6. The van der Waals surface area contributed by atoms with Gasteiger partial charge in [0.1, 0.15) is 0 Å². The molecule has 0 aromatic carbocycles. The Morgan fingerprint density at radius 1 is 1.19 bits per heavy atom. The third kappa shape index (κ3) is 2.98. The van der Waals surface area contributed by atoms with E-state index in [4.69, 9.17) is 0 Å². The average molecular weight is 224 g/mol. The number of nitrogens with zero attached hydrogens (tertiary/aromatic N) is 1. The van der Waals surface area contributed by atoms with Crippen molar-refractivity contribution >= 4 is 0 Å². The van der Waals surface area contributed by atoms with Crippen LogP contribution in [0.25, 0.3) is 0 Å². The van der Waals surface area contributed by atoms with Crippen LogP contribution in [0.1, 0.15) is 46.0 Å². The number of hydrogen-bond acceptors (Lipinski definition) is 2. The van der Waals surface area contributed by atoms with E-state index in [2.05, 4.69) is 31.1 Å². The van der Waals surface area contributed by atoms with E-state index in [-0.39, 0.29) is 0 Å². The highest BCUT2D eigenvalue weighted by molar-refractivity contribution is 4.87. The summed E-state index contributed by atoms with van der Waals surface area (Å²) in [6, 6.07) is 0.898. The molecule has 2 heteroatoms. The van der Waals surface area contributed by atoms with Crippen molar-refractivity contribution in [3.63, 3.8) is 0 Å². The van der Waals surface area contributed by atoms with E-state index in [1.165, 1.54) is 51.7 Å². The topological polar surface area (TPSA) is 15.3 Å². The van der Waals surface area contributed by atoms with Crippen molar-refractivity contribution in [2.24, 2.45) is 11.3 Å². The summed E-state index contributed by atoms with van der Waals surface area (Å²) in [6.45, 7) is 8.74. The molecular formula is C14H28N2. The summed E-state index contributed by atoms with van der Waals surface area (Å²) < 4.78 is 0. The molecule has 1 atom stereocenters.